The monoisotopic (exact) mass is 430 g/mol. The van der Waals surface area contributed by atoms with Crippen molar-refractivity contribution >= 4 is 0 Å². The van der Waals surface area contributed by atoms with Crippen molar-refractivity contribution in [2.24, 2.45) is 0 Å². The molecule has 0 bridgehead atoms. The van der Waals surface area contributed by atoms with Gasteiger partial charge < -0.3 is 5.32 Å². The summed E-state index contributed by atoms with van der Waals surface area (Å²) in [5.74, 6) is 0. The Bertz CT molecular complexity index is 1180. The van der Waals surface area contributed by atoms with Crippen molar-refractivity contribution in [2.75, 3.05) is 6.54 Å². The number of hydrogen-bond donors (Lipinski definition) is 1. The standard InChI is InChI=1S/C31H30N2/c1-24(32-23-20-26-15-9-10-22-33-26)31(21-11-14-25-12-3-2-4-13-25)29-18-7-5-16-27(29)28-17-6-8-19-30(28)31/h2-10,12-13,15-19,22,32H,1,11,14,20-21,23H2. The van der Waals surface area contributed by atoms with Crippen molar-refractivity contribution < 1.29 is 0 Å². The topological polar surface area (TPSA) is 24.9 Å². The molecular formula is C31H30N2. The molecule has 2 heteroatoms. The first kappa shape index (κ1) is 21.2. The van der Waals surface area contributed by atoms with Crippen molar-refractivity contribution in [3.05, 3.63) is 138 Å². The number of aryl methyl sites for hydroxylation is 1. The van der Waals surface area contributed by atoms with Crippen LogP contribution in [0.5, 0.6) is 0 Å². The minimum atomic E-state index is -0.230. The van der Waals surface area contributed by atoms with Crippen LogP contribution in [0.3, 0.4) is 0 Å². The summed E-state index contributed by atoms with van der Waals surface area (Å²) in [6.45, 7) is 5.45. The lowest BCUT2D eigenvalue weighted by Crippen LogP contribution is -2.36. The number of allylic oxidation sites excluding steroid dienone is 1. The molecule has 0 unspecified atom stereocenters. The molecule has 2 nitrogen and oxygen atoms in total. The Morgan fingerprint density at radius 3 is 2.03 bits per heavy atom. The Kier molecular flexibility index (Phi) is 6.08. The van der Waals surface area contributed by atoms with Crippen LogP contribution >= 0.6 is 0 Å². The predicted octanol–water partition coefficient (Wildman–Crippen LogP) is 6.72. The van der Waals surface area contributed by atoms with E-state index in [0.29, 0.717) is 0 Å². The van der Waals surface area contributed by atoms with Crippen molar-refractivity contribution in [1.29, 1.82) is 0 Å². The summed E-state index contributed by atoms with van der Waals surface area (Å²) >= 11 is 0. The molecule has 1 aliphatic rings. The summed E-state index contributed by atoms with van der Waals surface area (Å²) in [5, 5.41) is 3.71. The maximum atomic E-state index is 4.63. The van der Waals surface area contributed by atoms with E-state index in [1.165, 1.54) is 27.8 Å². The van der Waals surface area contributed by atoms with Crippen LogP contribution in [0, 0.1) is 0 Å². The van der Waals surface area contributed by atoms with Crippen LogP contribution in [0.2, 0.25) is 0 Å². The molecule has 1 aliphatic carbocycles. The van der Waals surface area contributed by atoms with Gasteiger partial charge in [0.2, 0.25) is 0 Å². The molecule has 1 N–H and O–H groups in total. The molecule has 33 heavy (non-hydrogen) atoms. The number of fused-ring (bicyclic) bond motifs is 3. The molecule has 1 heterocycles. The zero-order valence-corrected chi connectivity index (χ0v) is 19.0. The third-order valence-electron chi connectivity index (χ3n) is 6.88. The zero-order chi connectivity index (χ0) is 22.5. The van der Waals surface area contributed by atoms with E-state index in [9.17, 15) is 0 Å². The first-order valence-corrected chi connectivity index (χ1v) is 11.9. The van der Waals surface area contributed by atoms with Crippen molar-refractivity contribution in [1.82, 2.24) is 10.3 Å². The fourth-order valence-electron chi connectivity index (χ4n) is 5.31. The molecule has 0 aliphatic heterocycles. The highest BCUT2D eigenvalue weighted by Gasteiger charge is 2.44. The maximum Gasteiger partial charge on any atom is 0.0604 e. The third kappa shape index (κ3) is 4.09. The highest BCUT2D eigenvalue weighted by molar-refractivity contribution is 5.82. The first-order valence-electron chi connectivity index (χ1n) is 11.9. The van der Waals surface area contributed by atoms with Crippen molar-refractivity contribution in [3.63, 3.8) is 0 Å². The number of hydrogen-bond acceptors (Lipinski definition) is 2. The molecule has 0 amide bonds. The highest BCUT2D eigenvalue weighted by atomic mass is 14.9. The lowest BCUT2D eigenvalue weighted by atomic mass is 9.71. The molecule has 0 saturated carbocycles. The van der Waals surface area contributed by atoms with Gasteiger partial charge >= 0.3 is 0 Å². The van der Waals surface area contributed by atoms with Gasteiger partial charge in [0, 0.05) is 30.6 Å². The Balaban J connectivity index is 1.45. The molecular weight excluding hydrogens is 400 g/mol. The minimum Gasteiger partial charge on any atom is -0.387 e. The number of nitrogens with one attached hydrogen (secondary N) is 1. The predicted molar refractivity (Wildman–Crippen MR) is 137 cm³/mol. The number of rotatable bonds is 9. The van der Waals surface area contributed by atoms with E-state index in [0.717, 1.165) is 43.6 Å². The van der Waals surface area contributed by atoms with Crippen LogP contribution in [-0.2, 0) is 18.3 Å². The van der Waals surface area contributed by atoms with Crippen LogP contribution < -0.4 is 5.32 Å². The van der Waals surface area contributed by atoms with Crippen LogP contribution in [0.15, 0.2) is 116 Å². The van der Waals surface area contributed by atoms with Gasteiger partial charge in [-0.25, -0.2) is 0 Å². The van der Waals surface area contributed by atoms with Gasteiger partial charge in [-0.2, -0.15) is 0 Å². The fourth-order valence-corrected chi connectivity index (χ4v) is 5.31. The van der Waals surface area contributed by atoms with E-state index in [1.807, 2.05) is 18.3 Å². The molecule has 0 saturated heterocycles. The SMILES string of the molecule is C=C(NCCc1ccccn1)C1(CCCc2ccccc2)c2ccccc2-c2ccccc21. The lowest BCUT2D eigenvalue weighted by molar-refractivity contribution is 0.498. The summed E-state index contributed by atoms with van der Waals surface area (Å²) in [5.41, 5.74) is 8.75. The smallest absolute Gasteiger partial charge is 0.0604 e. The van der Waals surface area contributed by atoms with Gasteiger partial charge in [0.1, 0.15) is 0 Å². The summed E-state index contributed by atoms with van der Waals surface area (Å²) in [4.78, 5) is 4.48. The molecule has 0 spiro atoms. The minimum absolute atomic E-state index is 0.230. The fraction of sp³-hybridized carbons (Fsp3) is 0.194. The van der Waals surface area contributed by atoms with Crippen LogP contribution in [0.25, 0.3) is 11.1 Å². The molecule has 0 fully saturated rings. The first-order chi connectivity index (χ1) is 16.3. The molecule has 0 atom stereocenters. The zero-order valence-electron chi connectivity index (χ0n) is 19.0. The van der Waals surface area contributed by atoms with Gasteiger partial charge in [0.25, 0.3) is 0 Å². The normalized spacial score (nSPS) is 13.2. The summed E-state index contributed by atoms with van der Waals surface area (Å²) < 4.78 is 0. The van der Waals surface area contributed by atoms with Gasteiger partial charge in [-0.3, -0.25) is 4.98 Å². The Morgan fingerprint density at radius 1 is 0.727 bits per heavy atom. The van der Waals surface area contributed by atoms with E-state index in [1.54, 1.807) is 0 Å². The second-order valence-corrected chi connectivity index (χ2v) is 8.81. The molecule has 1 aromatic heterocycles. The summed E-state index contributed by atoms with van der Waals surface area (Å²) in [6.07, 6.45) is 5.91. The lowest BCUT2D eigenvalue weighted by Gasteiger charge is -2.35. The van der Waals surface area contributed by atoms with Gasteiger partial charge in [0.05, 0.1) is 5.41 Å². The van der Waals surface area contributed by atoms with E-state index in [4.69, 9.17) is 0 Å². The number of aromatic nitrogens is 1. The Labute approximate surface area is 197 Å². The van der Waals surface area contributed by atoms with Gasteiger partial charge in [-0.15, -0.1) is 0 Å². The summed E-state index contributed by atoms with van der Waals surface area (Å²) in [7, 11) is 0. The molecule has 3 aromatic carbocycles. The van der Waals surface area contributed by atoms with E-state index in [-0.39, 0.29) is 5.41 Å². The van der Waals surface area contributed by atoms with Crippen molar-refractivity contribution in [3.8, 4) is 11.1 Å². The quantitative estimate of drug-likeness (QED) is 0.319. The largest absolute Gasteiger partial charge is 0.387 e. The van der Waals surface area contributed by atoms with E-state index >= 15 is 0 Å². The number of pyridine rings is 1. The van der Waals surface area contributed by atoms with Gasteiger partial charge in [0.15, 0.2) is 0 Å². The van der Waals surface area contributed by atoms with Crippen molar-refractivity contribution in [2.45, 2.75) is 31.1 Å². The van der Waals surface area contributed by atoms with Crippen LogP contribution in [-0.4, -0.2) is 11.5 Å². The van der Waals surface area contributed by atoms with E-state index in [2.05, 4.69) is 102 Å². The summed E-state index contributed by atoms with van der Waals surface area (Å²) in [6, 6.07) is 34.6. The van der Waals surface area contributed by atoms with Gasteiger partial charge in [-0.05, 0) is 59.2 Å². The highest BCUT2D eigenvalue weighted by Crippen LogP contribution is 2.54. The maximum absolute atomic E-state index is 4.63. The average Bonchev–Trinajstić information content (AvgIpc) is 3.16. The molecule has 164 valence electrons. The number of benzene rings is 3. The second kappa shape index (κ2) is 9.46. The van der Waals surface area contributed by atoms with Crippen LogP contribution in [0.4, 0.5) is 0 Å². The Hall–Kier alpha value is -3.65. The average molecular weight is 431 g/mol. The molecule has 0 radical (unpaired) electrons. The third-order valence-corrected chi connectivity index (χ3v) is 6.88. The molecule has 4 aromatic rings. The van der Waals surface area contributed by atoms with Gasteiger partial charge in [-0.1, -0.05) is 91.5 Å². The molecule has 5 rings (SSSR count). The van der Waals surface area contributed by atoms with Crippen LogP contribution in [0.1, 0.15) is 35.2 Å². The van der Waals surface area contributed by atoms with E-state index < -0.39 is 0 Å². The second-order valence-electron chi connectivity index (χ2n) is 8.81. The number of nitrogens with zero attached hydrogens (tertiary/aromatic N) is 1. The Morgan fingerprint density at radius 2 is 1.36 bits per heavy atom.